The maximum absolute atomic E-state index is 11.2. The van der Waals surface area contributed by atoms with Gasteiger partial charge in [-0.2, -0.15) is 0 Å². The Kier molecular flexibility index (Phi) is 4.39. The summed E-state index contributed by atoms with van der Waals surface area (Å²) in [6.07, 6.45) is 1.51. The smallest absolute Gasteiger partial charge is 0.341 e. The molecule has 0 bridgehead atoms. The zero-order valence-electron chi connectivity index (χ0n) is 11.1. The molecule has 0 saturated heterocycles. The van der Waals surface area contributed by atoms with Gasteiger partial charge in [-0.1, -0.05) is 32.0 Å². The number of para-hydroxylation sites is 1. The number of aromatic carboxylic acids is 1. The van der Waals surface area contributed by atoms with Gasteiger partial charge >= 0.3 is 5.97 Å². The predicted molar refractivity (Wildman–Crippen MR) is 79.5 cm³/mol. The van der Waals surface area contributed by atoms with Crippen LogP contribution in [0.5, 0.6) is 11.6 Å². The summed E-state index contributed by atoms with van der Waals surface area (Å²) in [4.78, 5) is 15.3. The molecule has 0 aliphatic heterocycles. The quantitative estimate of drug-likeness (QED) is 0.896. The Balaban J connectivity index is 2.43. The first kappa shape index (κ1) is 14.5. The SMILES string of the molecule is CC(C)c1ccccc1Oc1ncc(Br)cc1C(=O)O. The van der Waals surface area contributed by atoms with Gasteiger partial charge in [-0.25, -0.2) is 9.78 Å². The fourth-order valence-corrected chi connectivity index (χ4v) is 2.15. The molecular formula is C15H14BrNO3. The zero-order chi connectivity index (χ0) is 14.7. The molecule has 0 amide bonds. The lowest BCUT2D eigenvalue weighted by Gasteiger charge is -2.14. The first-order valence-corrected chi connectivity index (χ1v) is 6.94. The second-order valence-corrected chi connectivity index (χ2v) is 5.52. The number of benzene rings is 1. The normalized spacial score (nSPS) is 10.6. The van der Waals surface area contributed by atoms with Crippen molar-refractivity contribution in [3.8, 4) is 11.6 Å². The van der Waals surface area contributed by atoms with Crippen molar-refractivity contribution in [2.24, 2.45) is 0 Å². The molecule has 0 unspecified atom stereocenters. The summed E-state index contributed by atoms with van der Waals surface area (Å²) in [5.41, 5.74) is 1.03. The van der Waals surface area contributed by atoms with E-state index in [0.717, 1.165) is 5.56 Å². The van der Waals surface area contributed by atoms with Crippen molar-refractivity contribution in [1.82, 2.24) is 4.98 Å². The lowest BCUT2D eigenvalue weighted by Crippen LogP contribution is -2.03. The van der Waals surface area contributed by atoms with E-state index >= 15 is 0 Å². The molecule has 0 spiro atoms. The Morgan fingerprint density at radius 1 is 1.35 bits per heavy atom. The van der Waals surface area contributed by atoms with Crippen molar-refractivity contribution in [3.63, 3.8) is 0 Å². The number of aromatic nitrogens is 1. The van der Waals surface area contributed by atoms with Gasteiger partial charge < -0.3 is 9.84 Å². The molecule has 0 radical (unpaired) electrons. The van der Waals surface area contributed by atoms with E-state index in [1.165, 1.54) is 12.3 Å². The first-order valence-electron chi connectivity index (χ1n) is 6.14. The minimum Gasteiger partial charge on any atom is -0.477 e. The van der Waals surface area contributed by atoms with Crippen LogP contribution in [0.4, 0.5) is 0 Å². The van der Waals surface area contributed by atoms with Crippen LogP contribution in [0, 0.1) is 0 Å². The minimum absolute atomic E-state index is 0.0259. The molecule has 1 aromatic carbocycles. The molecule has 0 aliphatic rings. The van der Waals surface area contributed by atoms with Crippen LogP contribution < -0.4 is 4.74 Å². The number of hydrogen-bond acceptors (Lipinski definition) is 3. The average molecular weight is 336 g/mol. The Morgan fingerprint density at radius 3 is 2.70 bits per heavy atom. The number of nitrogens with zero attached hydrogens (tertiary/aromatic N) is 1. The number of ether oxygens (including phenoxy) is 1. The molecule has 0 atom stereocenters. The van der Waals surface area contributed by atoms with Gasteiger partial charge in [0, 0.05) is 10.7 Å². The molecule has 1 aromatic heterocycles. The molecule has 104 valence electrons. The molecule has 0 fully saturated rings. The average Bonchev–Trinajstić information content (AvgIpc) is 2.41. The van der Waals surface area contributed by atoms with Crippen LogP contribution in [-0.4, -0.2) is 16.1 Å². The second-order valence-electron chi connectivity index (χ2n) is 4.61. The van der Waals surface area contributed by atoms with Gasteiger partial charge in [-0.05, 0) is 39.5 Å². The molecule has 1 heterocycles. The van der Waals surface area contributed by atoms with Crippen molar-refractivity contribution in [2.45, 2.75) is 19.8 Å². The molecule has 4 nitrogen and oxygen atoms in total. The van der Waals surface area contributed by atoms with E-state index in [1.807, 2.05) is 24.3 Å². The van der Waals surface area contributed by atoms with Gasteiger partial charge in [0.05, 0.1) is 0 Å². The topological polar surface area (TPSA) is 59.4 Å². The van der Waals surface area contributed by atoms with E-state index in [1.54, 1.807) is 0 Å². The number of carbonyl (C=O) groups is 1. The fraction of sp³-hybridized carbons (Fsp3) is 0.200. The molecule has 1 N–H and O–H groups in total. The number of pyridine rings is 1. The number of rotatable bonds is 4. The van der Waals surface area contributed by atoms with E-state index in [2.05, 4.69) is 34.8 Å². The summed E-state index contributed by atoms with van der Waals surface area (Å²) in [6, 6.07) is 9.02. The van der Waals surface area contributed by atoms with Gasteiger partial charge in [0.25, 0.3) is 0 Å². The van der Waals surface area contributed by atoms with Gasteiger partial charge in [0.2, 0.25) is 5.88 Å². The zero-order valence-corrected chi connectivity index (χ0v) is 12.7. The molecule has 0 saturated carbocycles. The Labute approximate surface area is 125 Å². The molecule has 2 rings (SSSR count). The number of carboxylic acid groups (broad SMARTS) is 1. The third-order valence-electron chi connectivity index (χ3n) is 2.80. The standard InChI is InChI=1S/C15H14BrNO3/c1-9(2)11-5-3-4-6-13(11)20-14-12(15(18)19)7-10(16)8-17-14/h3-9H,1-2H3,(H,18,19). The van der Waals surface area contributed by atoms with E-state index in [4.69, 9.17) is 4.74 Å². The largest absolute Gasteiger partial charge is 0.477 e. The number of hydrogen-bond donors (Lipinski definition) is 1. The second kappa shape index (κ2) is 6.05. The summed E-state index contributed by atoms with van der Waals surface area (Å²) in [6.45, 7) is 4.10. The minimum atomic E-state index is -1.07. The van der Waals surface area contributed by atoms with Crippen molar-refractivity contribution < 1.29 is 14.6 Å². The molecule has 0 aliphatic carbocycles. The summed E-state index contributed by atoms with van der Waals surface area (Å²) in [7, 11) is 0. The van der Waals surface area contributed by atoms with E-state index < -0.39 is 5.97 Å². The van der Waals surface area contributed by atoms with E-state index in [0.29, 0.717) is 10.2 Å². The highest BCUT2D eigenvalue weighted by Gasteiger charge is 2.16. The summed E-state index contributed by atoms with van der Waals surface area (Å²) in [5.74, 6) is -0.0839. The molecular weight excluding hydrogens is 322 g/mol. The highest BCUT2D eigenvalue weighted by atomic mass is 79.9. The Hall–Kier alpha value is -1.88. The van der Waals surface area contributed by atoms with Gasteiger partial charge in [-0.3, -0.25) is 0 Å². The van der Waals surface area contributed by atoms with Crippen LogP contribution >= 0.6 is 15.9 Å². The maximum Gasteiger partial charge on any atom is 0.341 e. The van der Waals surface area contributed by atoms with Crippen molar-refractivity contribution in [3.05, 3.63) is 52.1 Å². The highest BCUT2D eigenvalue weighted by Crippen LogP contribution is 2.31. The van der Waals surface area contributed by atoms with E-state index in [-0.39, 0.29) is 17.4 Å². The van der Waals surface area contributed by atoms with Gasteiger partial charge in [0.15, 0.2) is 0 Å². The fourth-order valence-electron chi connectivity index (χ4n) is 1.82. The maximum atomic E-state index is 11.2. The number of halogens is 1. The summed E-state index contributed by atoms with van der Waals surface area (Å²) in [5, 5.41) is 9.21. The lowest BCUT2D eigenvalue weighted by atomic mass is 10.0. The van der Waals surface area contributed by atoms with Gasteiger partial charge in [0.1, 0.15) is 11.3 Å². The highest BCUT2D eigenvalue weighted by molar-refractivity contribution is 9.10. The Bertz CT molecular complexity index is 641. The third kappa shape index (κ3) is 3.17. The van der Waals surface area contributed by atoms with Crippen LogP contribution in [0.1, 0.15) is 35.7 Å². The van der Waals surface area contributed by atoms with Crippen molar-refractivity contribution in [2.75, 3.05) is 0 Å². The summed E-state index contributed by atoms with van der Waals surface area (Å²) >= 11 is 3.21. The van der Waals surface area contributed by atoms with Crippen LogP contribution in [0.25, 0.3) is 0 Å². The number of carboxylic acids is 1. The van der Waals surface area contributed by atoms with Crippen LogP contribution in [0.3, 0.4) is 0 Å². The van der Waals surface area contributed by atoms with Crippen LogP contribution in [0.15, 0.2) is 41.0 Å². The molecule has 20 heavy (non-hydrogen) atoms. The van der Waals surface area contributed by atoms with Crippen molar-refractivity contribution in [1.29, 1.82) is 0 Å². The summed E-state index contributed by atoms with van der Waals surface area (Å²) < 4.78 is 6.30. The van der Waals surface area contributed by atoms with Crippen LogP contribution in [-0.2, 0) is 0 Å². The molecule has 5 heteroatoms. The first-order chi connectivity index (χ1) is 9.49. The van der Waals surface area contributed by atoms with Crippen molar-refractivity contribution >= 4 is 21.9 Å². The van der Waals surface area contributed by atoms with E-state index in [9.17, 15) is 9.90 Å². The molecule has 2 aromatic rings. The monoisotopic (exact) mass is 335 g/mol. The van der Waals surface area contributed by atoms with Crippen LogP contribution in [0.2, 0.25) is 0 Å². The van der Waals surface area contributed by atoms with Gasteiger partial charge in [-0.15, -0.1) is 0 Å². The lowest BCUT2D eigenvalue weighted by molar-refractivity contribution is 0.0693. The Morgan fingerprint density at radius 2 is 2.05 bits per heavy atom. The third-order valence-corrected chi connectivity index (χ3v) is 3.23. The predicted octanol–water partition coefficient (Wildman–Crippen LogP) is 4.46.